The number of anilines is 1. The molecule has 0 spiro atoms. The molecule has 0 unspecified atom stereocenters. The number of benzene rings is 2. The number of hydrogen-bond donors (Lipinski definition) is 0. The number of likely N-dealkylation sites (N-methyl/N-ethyl adjacent to an activating group) is 1. The Kier molecular flexibility index (Phi) is 9.77. The molecule has 2 aromatic carbocycles. The van der Waals surface area contributed by atoms with Crippen molar-refractivity contribution < 1.29 is 9.53 Å². The molecule has 3 saturated heterocycles. The molecule has 7 nitrogen and oxygen atoms in total. The Bertz CT molecular complexity index is 1040. The number of methoxy groups -OCH3 is 1. The van der Waals surface area contributed by atoms with Crippen molar-refractivity contribution in [2.45, 2.75) is 38.3 Å². The molecule has 0 bridgehead atoms. The second kappa shape index (κ2) is 13.6. The SMILES string of the molecule is COc1ccccc1N1CCN([C@H]2CCN(Cc3ccccc3)C[C@H]2CCC(=O)N2CCCN(C)CC2)CC1. The van der Waals surface area contributed by atoms with Gasteiger partial charge in [0.25, 0.3) is 0 Å². The quantitative estimate of drug-likeness (QED) is 0.516. The summed E-state index contributed by atoms with van der Waals surface area (Å²) in [5.74, 6) is 1.82. The maximum absolute atomic E-state index is 13.3. The maximum Gasteiger partial charge on any atom is 0.222 e. The number of para-hydroxylation sites is 2. The Labute approximate surface area is 235 Å². The predicted molar refractivity (Wildman–Crippen MR) is 158 cm³/mol. The molecule has 3 aliphatic heterocycles. The first-order valence-electron chi connectivity index (χ1n) is 15.0. The summed E-state index contributed by atoms with van der Waals surface area (Å²) in [6, 6.07) is 19.7. The van der Waals surface area contributed by atoms with Gasteiger partial charge in [0.15, 0.2) is 0 Å². The van der Waals surface area contributed by atoms with Gasteiger partial charge in [0.05, 0.1) is 12.8 Å². The van der Waals surface area contributed by atoms with Crippen LogP contribution in [0.3, 0.4) is 0 Å². The molecule has 0 N–H and O–H groups in total. The van der Waals surface area contributed by atoms with E-state index in [1.807, 2.05) is 6.07 Å². The molecule has 0 radical (unpaired) electrons. The lowest BCUT2D eigenvalue weighted by molar-refractivity contribution is -0.131. The highest BCUT2D eigenvalue weighted by molar-refractivity contribution is 5.76. The molecule has 0 saturated carbocycles. The Morgan fingerprint density at radius 1 is 0.872 bits per heavy atom. The molecule has 7 heteroatoms. The molecule has 2 aromatic rings. The summed E-state index contributed by atoms with van der Waals surface area (Å²) in [6.07, 6.45) is 3.91. The van der Waals surface area contributed by atoms with Crippen molar-refractivity contribution in [3.63, 3.8) is 0 Å². The molecular formula is C32H47N5O2. The highest BCUT2D eigenvalue weighted by atomic mass is 16.5. The number of carbonyl (C=O) groups is 1. The number of rotatable bonds is 8. The second-order valence-corrected chi connectivity index (χ2v) is 11.6. The summed E-state index contributed by atoms with van der Waals surface area (Å²) >= 11 is 0. The molecule has 2 atom stereocenters. The third kappa shape index (κ3) is 7.33. The van der Waals surface area contributed by atoms with E-state index in [9.17, 15) is 4.79 Å². The van der Waals surface area contributed by atoms with E-state index >= 15 is 0 Å². The van der Waals surface area contributed by atoms with E-state index in [1.54, 1.807) is 7.11 Å². The maximum atomic E-state index is 13.3. The number of piperidine rings is 1. The fourth-order valence-electron chi connectivity index (χ4n) is 6.79. The predicted octanol–water partition coefficient (Wildman–Crippen LogP) is 3.65. The summed E-state index contributed by atoms with van der Waals surface area (Å²) in [5, 5.41) is 0. The van der Waals surface area contributed by atoms with Crippen LogP contribution in [-0.4, -0.2) is 111 Å². The number of nitrogens with zero attached hydrogens (tertiary/aromatic N) is 5. The van der Waals surface area contributed by atoms with Crippen molar-refractivity contribution in [2.75, 3.05) is 84.5 Å². The Balaban J connectivity index is 1.22. The molecule has 3 fully saturated rings. The average Bonchev–Trinajstić information content (AvgIpc) is 3.21. The van der Waals surface area contributed by atoms with Crippen LogP contribution in [-0.2, 0) is 11.3 Å². The van der Waals surface area contributed by atoms with Crippen LogP contribution in [0.15, 0.2) is 54.6 Å². The molecule has 212 valence electrons. The molecule has 5 rings (SSSR count). The van der Waals surface area contributed by atoms with Crippen LogP contribution in [0.2, 0.25) is 0 Å². The van der Waals surface area contributed by atoms with Crippen LogP contribution in [0, 0.1) is 5.92 Å². The van der Waals surface area contributed by atoms with Gasteiger partial charge in [-0.15, -0.1) is 0 Å². The minimum Gasteiger partial charge on any atom is -0.495 e. The number of amides is 1. The zero-order valence-electron chi connectivity index (χ0n) is 24.0. The monoisotopic (exact) mass is 533 g/mol. The Hall–Kier alpha value is -2.61. The van der Waals surface area contributed by atoms with Crippen molar-refractivity contribution in [2.24, 2.45) is 5.92 Å². The normalized spacial score (nSPS) is 23.9. The van der Waals surface area contributed by atoms with E-state index in [1.165, 1.54) is 17.7 Å². The van der Waals surface area contributed by atoms with Crippen LogP contribution < -0.4 is 9.64 Å². The van der Waals surface area contributed by atoms with Crippen molar-refractivity contribution in [1.29, 1.82) is 0 Å². The first-order valence-corrected chi connectivity index (χ1v) is 15.0. The average molecular weight is 534 g/mol. The highest BCUT2D eigenvalue weighted by Crippen LogP contribution is 2.32. The molecule has 0 aromatic heterocycles. The number of carbonyl (C=O) groups excluding carboxylic acids is 1. The van der Waals surface area contributed by atoms with Gasteiger partial charge >= 0.3 is 0 Å². The third-order valence-electron chi connectivity index (χ3n) is 9.04. The van der Waals surface area contributed by atoms with Crippen LogP contribution in [0.25, 0.3) is 0 Å². The second-order valence-electron chi connectivity index (χ2n) is 11.6. The zero-order valence-corrected chi connectivity index (χ0v) is 24.0. The van der Waals surface area contributed by atoms with Gasteiger partial charge < -0.3 is 19.4 Å². The lowest BCUT2D eigenvalue weighted by atomic mass is 9.86. The number of hydrogen-bond acceptors (Lipinski definition) is 6. The summed E-state index contributed by atoms with van der Waals surface area (Å²) < 4.78 is 5.64. The van der Waals surface area contributed by atoms with Crippen molar-refractivity contribution in [3.05, 3.63) is 60.2 Å². The van der Waals surface area contributed by atoms with Crippen LogP contribution >= 0.6 is 0 Å². The van der Waals surface area contributed by atoms with Crippen molar-refractivity contribution >= 4 is 11.6 Å². The fraction of sp³-hybridized carbons (Fsp3) is 0.594. The lowest BCUT2D eigenvalue weighted by Crippen LogP contribution is -2.56. The molecule has 1 amide bonds. The topological polar surface area (TPSA) is 42.5 Å². The largest absolute Gasteiger partial charge is 0.495 e. The van der Waals surface area contributed by atoms with Crippen molar-refractivity contribution in [1.82, 2.24) is 19.6 Å². The van der Waals surface area contributed by atoms with E-state index in [4.69, 9.17) is 4.74 Å². The van der Waals surface area contributed by atoms with Gasteiger partial charge in [-0.3, -0.25) is 14.6 Å². The fourth-order valence-corrected chi connectivity index (χ4v) is 6.79. The molecular weight excluding hydrogens is 486 g/mol. The van der Waals surface area contributed by atoms with E-state index in [-0.39, 0.29) is 0 Å². The molecule has 3 aliphatic rings. The van der Waals surface area contributed by atoms with Crippen LogP contribution in [0.4, 0.5) is 5.69 Å². The molecule has 0 aliphatic carbocycles. The van der Waals surface area contributed by atoms with E-state index in [2.05, 4.69) is 80.1 Å². The molecule has 3 heterocycles. The van der Waals surface area contributed by atoms with Gasteiger partial charge in [-0.1, -0.05) is 42.5 Å². The van der Waals surface area contributed by atoms with Crippen LogP contribution in [0.1, 0.15) is 31.2 Å². The van der Waals surface area contributed by atoms with Gasteiger partial charge in [0.1, 0.15) is 5.75 Å². The van der Waals surface area contributed by atoms with Gasteiger partial charge in [-0.25, -0.2) is 0 Å². The van der Waals surface area contributed by atoms with Gasteiger partial charge in [0.2, 0.25) is 5.91 Å². The highest BCUT2D eigenvalue weighted by Gasteiger charge is 2.35. The number of ether oxygens (including phenoxy) is 1. The third-order valence-corrected chi connectivity index (χ3v) is 9.04. The smallest absolute Gasteiger partial charge is 0.222 e. The van der Waals surface area contributed by atoms with Gasteiger partial charge in [-0.05, 0) is 63.0 Å². The first-order chi connectivity index (χ1) is 19.1. The van der Waals surface area contributed by atoms with Crippen molar-refractivity contribution in [3.8, 4) is 5.75 Å². The summed E-state index contributed by atoms with van der Waals surface area (Å²) in [5.41, 5.74) is 2.58. The van der Waals surface area contributed by atoms with Gasteiger partial charge in [-0.2, -0.15) is 0 Å². The molecule has 39 heavy (non-hydrogen) atoms. The summed E-state index contributed by atoms with van der Waals surface area (Å²) in [4.78, 5) is 25.6. The van der Waals surface area contributed by atoms with E-state index < -0.39 is 0 Å². The Morgan fingerprint density at radius 2 is 1.64 bits per heavy atom. The van der Waals surface area contributed by atoms with E-state index in [0.29, 0.717) is 24.3 Å². The van der Waals surface area contributed by atoms with E-state index in [0.717, 1.165) is 90.6 Å². The van der Waals surface area contributed by atoms with Crippen LogP contribution in [0.5, 0.6) is 5.75 Å². The minimum absolute atomic E-state index is 0.352. The first kappa shape index (κ1) is 27.9. The zero-order chi connectivity index (χ0) is 27.0. The summed E-state index contributed by atoms with van der Waals surface area (Å²) in [6.45, 7) is 11.2. The number of likely N-dealkylation sites (tertiary alicyclic amines) is 1. The minimum atomic E-state index is 0.352. The van der Waals surface area contributed by atoms with Gasteiger partial charge in [0, 0.05) is 71.4 Å². The number of piperazine rings is 1. The lowest BCUT2D eigenvalue weighted by Gasteiger charge is -2.47. The Morgan fingerprint density at radius 3 is 2.44 bits per heavy atom. The summed E-state index contributed by atoms with van der Waals surface area (Å²) in [7, 11) is 3.92. The standard InChI is InChI=1S/C32H47N5O2/c1-33-16-8-17-37(20-19-33)32(38)14-13-28-26-34(25-27-9-4-3-5-10-27)18-15-29(28)35-21-23-36(24-22-35)30-11-6-7-12-31(30)39-2/h3-7,9-12,28-29H,8,13-26H2,1-2H3/t28-,29+/m1/s1.